The molecule has 1 amide bonds. The van der Waals surface area contributed by atoms with Crippen molar-refractivity contribution < 1.29 is 13.9 Å². The number of carbonyl (C=O) groups is 1. The summed E-state index contributed by atoms with van der Waals surface area (Å²) in [4.78, 5) is 12.0. The number of hydrogen-bond donors (Lipinski definition) is 2. The van der Waals surface area contributed by atoms with E-state index in [2.05, 4.69) is 17.2 Å². The Kier molecular flexibility index (Phi) is 4.94. The first-order valence-corrected chi connectivity index (χ1v) is 6.92. The Balaban J connectivity index is 2.00. The third-order valence-electron chi connectivity index (χ3n) is 3.76. The summed E-state index contributed by atoms with van der Waals surface area (Å²) in [5, 5.41) is 2.58. The highest BCUT2D eigenvalue weighted by Crippen LogP contribution is 2.38. The molecular formula is C16H19FN2O2. The minimum Gasteiger partial charge on any atom is -0.378 e. The van der Waals surface area contributed by atoms with E-state index in [1.54, 1.807) is 13.2 Å². The number of carbonyl (C=O) groups excluding carboxylic acids is 1. The largest absolute Gasteiger partial charge is 0.378 e. The summed E-state index contributed by atoms with van der Waals surface area (Å²) in [6.07, 6.45) is 3.04. The van der Waals surface area contributed by atoms with Crippen molar-refractivity contribution in [2.75, 3.05) is 19.0 Å². The quantitative estimate of drug-likeness (QED) is 0.834. The summed E-state index contributed by atoms with van der Waals surface area (Å²) in [5.41, 5.74) is 5.58. The van der Waals surface area contributed by atoms with Crippen molar-refractivity contribution in [2.45, 2.75) is 31.3 Å². The van der Waals surface area contributed by atoms with E-state index in [-0.39, 0.29) is 30.2 Å². The molecule has 4 nitrogen and oxygen atoms in total. The van der Waals surface area contributed by atoms with E-state index in [1.165, 1.54) is 12.1 Å². The van der Waals surface area contributed by atoms with Crippen LogP contribution in [-0.2, 0) is 9.53 Å². The molecule has 1 aromatic carbocycles. The predicted octanol–water partition coefficient (Wildman–Crippen LogP) is 2.03. The highest BCUT2D eigenvalue weighted by atomic mass is 19.1. The maximum atomic E-state index is 13.9. The second-order valence-corrected chi connectivity index (χ2v) is 5.17. The molecule has 1 aliphatic carbocycles. The van der Waals surface area contributed by atoms with Crippen LogP contribution in [0.15, 0.2) is 18.2 Å². The third kappa shape index (κ3) is 3.81. The van der Waals surface area contributed by atoms with E-state index in [1.807, 2.05) is 0 Å². The Bertz CT molecular complexity index is 580. The summed E-state index contributed by atoms with van der Waals surface area (Å²) < 4.78 is 19.3. The van der Waals surface area contributed by atoms with E-state index in [4.69, 9.17) is 10.5 Å². The Labute approximate surface area is 123 Å². The van der Waals surface area contributed by atoms with Crippen LogP contribution >= 0.6 is 0 Å². The number of halogens is 1. The molecule has 3 N–H and O–H groups in total. The molecule has 0 saturated heterocycles. The van der Waals surface area contributed by atoms with E-state index in [0.29, 0.717) is 5.56 Å². The van der Waals surface area contributed by atoms with Crippen molar-refractivity contribution in [3.05, 3.63) is 29.6 Å². The van der Waals surface area contributed by atoms with Crippen molar-refractivity contribution in [3.63, 3.8) is 0 Å². The van der Waals surface area contributed by atoms with E-state index >= 15 is 0 Å². The van der Waals surface area contributed by atoms with Gasteiger partial charge < -0.3 is 15.8 Å². The monoisotopic (exact) mass is 290 g/mol. The fourth-order valence-corrected chi connectivity index (χ4v) is 2.36. The number of anilines is 1. The lowest BCUT2D eigenvalue weighted by atomic mass is 9.77. The molecule has 0 unspecified atom stereocenters. The molecule has 5 heteroatoms. The second-order valence-electron chi connectivity index (χ2n) is 5.17. The number of nitrogens with two attached hydrogens (primary N) is 1. The van der Waals surface area contributed by atoms with Gasteiger partial charge in [0.2, 0.25) is 5.91 Å². The van der Waals surface area contributed by atoms with Crippen LogP contribution in [0, 0.1) is 17.7 Å². The Morgan fingerprint density at radius 3 is 2.81 bits per heavy atom. The maximum Gasteiger partial charge on any atom is 0.227 e. The first-order chi connectivity index (χ1) is 10.1. The zero-order valence-corrected chi connectivity index (χ0v) is 12.0. The molecule has 0 atom stereocenters. The van der Waals surface area contributed by atoms with E-state index < -0.39 is 5.82 Å². The summed E-state index contributed by atoms with van der Waals surface area (Å²) in [6, 6.07) is 4.44. The number of methoxy groups -OCH3 is 1. The minimum absolute atomic E-state index is 0.156. The summed E-state index contributed by atoms with van der Waals surface area (Å²) in [7, 11) is 1.61. The van der Waals surface area contributed by atoms with Gasteiger partial charge in [-0.1, -0.05) is 11.8 Å². The van der Waals surface area contributed by atoms with Crippen LogP contribution in [0.2, 0.25) is 0 Å². The van der Waals surface area contributed by atoms with Crippen LogP contribution in [0.4, 0.5) is 10.1 Å². The SMILES string of the molecule is COC1(CC(=O)Nc2ccc(C#CCN)cc2F)CCC1. The molecule has 0 bridgehead atoms. The molecular weight excluding hydrogens is 271 g/mol. The van der Waals surface area contributed by atoms with Crippen molar-refractivity contribution in [1.29, 1.82) is 0 Å². The Morgan fingerprint density at radius 1 is 1.52 bits per heavy atom. The van der Waals surface area contributed by atoms with E-state index in [0.717, 1.165) is 19.3 Å². The lowest BCUT2D eigenvalue weighted by Gasteiger charge is -2.39. The lowest BCUT2D eigenvalue weighted by Crippen LogP contribution is -2.42. The number of ether oxygens (including phenoxy) is 1. The molecule has 1 saturated carbocycles. The van der Waals surface area contributed by atoms with Crippen molar-refractivity contribution in [1.82, 2.24) is 0 Å². The van der Waals surface area contributed by atoms with Gasteiger partial charge in [0.1, 0.15) is 5.82 Å². The molecule has 2 rings (SSSR count). The molecule has 0 spiro atoms. The zero-order chi connectivity index (χ0) is 15.3. The Hall–Kier alpha value is -1.90. The molecule has 1 fully saturated rings. The molecule has 112 valence electrons. The van der Waals surface area contributed by atoms with Gasteiger partial charge in [-0.2, -0.15) is 0 Å². The van der Waals surface area contributed by atoms with Crippen molar-refractivity contribution in [3.8, 4) is 11.8 Å². The number of benzene rings is 1. The molecule has 0 aliphatic heterocycles. The first kappa shape index (κ1) is 15.5. The minimum atomic E-state index is -0.507. The van der Waals surface area contributed by atoms with Crippen LogP contribution in [-0.4, -0.2) is 25.2 Å². The number of amides is 1. The first-order valence-electron chi connectivity index (χ1n) is 6.92. The van der Waals surface area contributed by atoms with Gasteiger partial charge in [0.15, 0.2) is 0 Å². The van der Waals surface area contributed by atoms with Gasteiger partial charge in [0, 0.05) is 12.7 Å². The number of rotatable bonds is 4. The van der Waals surface area contributed by atoms with Crippen LogP contribution in [0.25, 0.3) is 0 Å². The Morgan fingerprint density at radius 2 is 2.29 bits per heavy atom. The normalized spacial score (nSPS) is 15.6. The number of nitrogens with one attached hydrogen (secondary N) is 1. The van der Waals surface area contributed by atoms with Gasteiger partial charge >= 0.3 is 0 Å². The van der Waals surface area contributed by atoms with Gasteiger partial charge in [-0.25, -0.2) is 4.39 Å². The zero-order valence-electron chi connectivity index (χ0n) is 12.0. The fourth-order valence-electron chi connectivity index (χ4n) is 2.36. The molecule has 1 aliphatic rings. The van der Waals surface area contributed by atoms with Crippen molar-refractivity contribution >= 4 is 11.6 Å². The van der Waals surface area contributed by atoms with Gasteiger partial charge in [-0.3, -0.25) is 4.79 Å². The van der Waals surface area contributed by atoms with E-state index in [9.17, 15) is 9.18 Å². The average molecular weight is 290 g/mol. The second kappa shape index (κ2) is 6.70. The topological polar surface area (TPSA) is 64.3 Å². The summed E-state index contributed by atoms with van der Waals surface area (Å²) >= 11 is 0. The molecule has 1 aromatic rings. The van der Waals surface area contributed by atoms with Gasteiger partial charge in [0.25, 0.3) is 0 Å². The maximum absolute atomic E-state index is 13.9. The third-order valence-corrected chi connectivity index (χ3v) is 3.76. The van der Waals surface area contributed by atoms with Crippen LogP contribution < -0.4 is 11.1 Å². The van der Waals surface area contributed by atoms with Crippen LogP contribution in [0.3, 0.4) is 0 Å². The fraction of sp³-hybridized carbons (Fsp3) is 0.438. The van der Waals surface area contributed by atoms with Gasteiger partial charge in [0.05, 0.1) is 24.3 Å². The lowest BCUT2D eigenvalue weighted by molar-refractivity contribution is -0.129. The molecule has 21 heavy (non-hydrogen) atoms. The van der Waals surface area contributed by atoms with Crippen LogP contribution in [0.1, 0.15) is 31.2 Å². The standard InChI is InChI=1S/C16H19FN2O2/c1-21-16(7-3-8-16)11-15(20)19-14-6-5-12(4-2-9-18)10-13(14)17/h5-6,10H,3,7-9,11,18H2,1H3,(H,19,20). The summed E-state index contributed by atoms with van der Waals surface area (Å²) in [6.45, 7) is 0.221. The smallest absolute Gasteiger partial charge is 0.227 e. The average Bonchev–Trinajstić information content (AvgIpc) is 2.43. The highest BCUT2D eigenvalue weighted by molar-refractivity contribution is 5.91. The summed E-state index contributed by atoms with van der Waals surface area (Å²) in [5.74, 6) is 4.65. The predicted molar refractivity (Wildman–Crippen MR) is 79.2 cm³/mol. The van der Waals surface area contributed by atoms with Crippen molar-refractivity contribution in [2.24, 2.45) is 5.73 Å². The molecule has 0 heterocycles. The highest BCUT2D eigenvalue weighted by Gasteiger charge is 2.39. The molecule has 0 aromatic heterocycles. The van der Waals surface area contributed by atoms with Gasteiger partial charge in [-0.05, 0) is 37.5 Å². The van der Waals surface area contributed by atoms with Gasteiger partial charge in [-0.15, -0.1) is 0 Å². The van der Waals surface area contributed by atoms with Crippen LogP contribution in [0.5, 0.6) is 0 Å². The molecule has 0 radical (unpaired) electrons. The number of hydrogen-bond acceptors (Lipinski definition) is 3.